The van der Waals surface area contributed by atoms with Gasteiger partial charge in [0, 0.05) is 38.9 Å². The Morgan fingerprint density at radius 1 is 0.247 bits per heavy atom. The van der Waals surface area contributed by atoms with E-state index in [-0.39, 0.29) is 5.41 Å². The van der Waals surface area contributed by atoms with Gasteiger partial charge in [0.1, 0.15) is 11.5 Å². The van der Waals surface area contributed by atoms with Crippen LogP contribution in [-0.2, 0) is 16.2 Å². The van der Waals surface area contributed by atoms with Crippen LogP contribution < -0.4 is 9.64 Å². The Hall–Kier alpha value is -12.1. The second-order valence-electron chi connectivity index (χ2n) is 26.9. The number of rotatable bonds is 10. The number of anilines is 3. The van der Waals surface area contributed by atoms with E-state index in [1.165, 1.54) is 122 Å². The van der Waals surface area contributed by atoms with Crippen molar-refractivity contribution < 1.29 is 4.74 Å². The molecule has 0 fully saturated rings. The summed E-state index contributed by atoms with van der Waals surface area (Å²) in [4.78, 5) is 2.57. The van der Waals surface area contributed by atoms with E-state index >= 15 is 0 Å². The largest absolute Gasteiger partial charge is 0.456 e. The van der Waals surface area contributed by atoms with E-state index < -0.39 is 10.8 Å². The zero-order chi connectivity index (χ0) is 64.4. The Bertz CT molecular complexity index is 5470. The molecule has 1 heterocycles. The van der Waals surface area contributed by atoms with Gasteiger partial charge >= 0.3 is 0 Å². The van der Waals surface area contributed by atoms with Crippen molar-refractivity contribution in [2.45, 2.75) is 30.1 Å². The van der Waals surface area contributed by atoms with Gasteiger partial charge in [-0.15, -0.1) is 0 Å². The lowest BCUT2D eigenvalue weighted by Gasteiger charge is -2.36. The molecule has 3 aliphatic rings. The summed E-state index contributed by atoms with van der Waals surface area (Å²) in [5.41, 5.74) is 25.5. The summed E-state index contributed by atoms with van der Waals surface area (Å²) in [5, 5.41) is 7.18. The fourth-order valence-corrected chi connectivity index (χ4v) is 17.3. The van der Waals surface area contributed by atoms with Crippen LogP contribution >= 0.6 is 0 Å². The number of fused-ring (bicyclic) bond motifs is 11. The number of hydrogen-bond acceptors (Lipinski definition) is 2. The lowest BCUT2D eigenvalue weighted by atomic mass is 9.67. The van der Waals surface area contributed by atoms with E-state index in [0.29, 0.717) is 0 Å². The van der Waals surface area contributed by atoms with Crippen molar-refractivity contribution in [1.82, 2.24) is 0 Å². The second kappa shape index (κ2) is 22.0. The molecule has 0 amide bonds. The van der Waals surface area contributed by atoms with Crippen molar-refractivity contribution >= 4 is 49.4 Å². The van der Waals surface area contributed by atoms with Crippen molar-refractivity contribution in [2.24, 2.45) is 0 Å². The maximum absolute atomic E-state index is 7.08. The van der Waals surface area contributed by atoms with Crippen LogP contribution in [0.4, 0.5) is 17.1 Å². The number of ether oxygens (including phenoxy) is 1. The quantitative estimate of drug-likeness (QED) is 0.135. The van der Waals surface area contributed by atoms with Gasteiger partial charge in [0.15, 0.2) is 0 Å². The Kier molecular flexibility index (Phi) is 12.8. The molecule has 456 valence electrons. The van der Waals surface area contributed by atoms with Crippen molar-refractivity contribution in [1.29, 1.82) is 0 Å². The van der Waals surface area contributed by atoms with Crippen LogP contribution in [0.3, 0.4) is 0 Å². The number of benzene rings is 16. The summed E-state index contributed by atoms with van der Waals surface area (Å²) >= 11 is 0. The highest BCUT2D eigenvalue weighted by atomic mass is 16.5. The molecular formula is C95H65NO. The first kappa shape index (κ1) is 56.4. The Morgan fingerprint density at radius 3 is 1.12 bits per heavy atom. The first-order valence-corrected chi connectivity index (χ1v) is 33.9. The highest BCUT2D eigenvalue weighted by Crippen LogP contribution is 2.62. The van der Waals surface area contributed by atoms with Crippen molar-refractivity contribution in [3.63, 3.8) is 0 Å². The highest BCUT2D eigenvalue weighted by molar-refractivity contribution is 6.08. The smallest absolute Gasteiger partial charge is 0.139 e. The summed E-state index contributed by atoms with van der Waals surface area (Å²) in [6.45, 7) is 4.64. The zero-order valence-electron chi connectivity index (χ0n) is 53.9. The van der Waals surface area contributed by atoms with Gasteiger partial charge in [-0.25, -0.2) is 0 Å². The van der Waals surface area contributed by atoms with Crippen LogP contribution in [0.1, 0.15) is 69.5 Å². The summed E-state index contributed by atoms with van der Waals surface area (Å²) in [6.07, 6.45) is 0. The molecule has 97 heavy (non-hydrogen) atoms. The summed E-state index contributed by atoms with van der Waals surface area (Å²) in [7, 11) is 0. The average molecular weight is 1240 g/mol. The second-order valence-corrected chi connectivity index (χ2v) is 26.9. The number of hydrogen-bond donors (Lipinski definition) is 0. The van der Waals surface area contributed by atoms with E-state index in [2.05, 4.69) is 377 Å². The molecule has 0 bridgehead atoms. The maximum Gasteiger partial charge on any atom is 0.139 e. The summed E-state index contributed by atoms with van der Waals surface area (Å²) in [6, 6.07) is 134. The third-order valence-corrected chi connectivity index (χ3v) is 21.7. The summed E-state index contributed by atoms with van der Waals surface area (Å²) in [5.74, 6) is 1.80. The standard InChI is InChI=1S/C95H65NO/c1-93(2)84-45-21-22-47-91(84)97-92-83(44-25-46-85(92)93)77-56-57-90(82-41-20-19-40-76(77)82)96(70-50-54-80-78-52-48-64(74-42-23-28-62-26-15-17-38-72(62)74)58-86(78)94(88(80)60-70,66-30-7-3-8-31-66)67-32-9-4-10-33-67)71-51-55-81-79-53-49-65(75-43-24-29-63-27-16-18-39-73(63)75)59-87(79)95(89(81)61-71,68-34-11-5-12-35-68)69-36-13-6-14-37-69/h3-61H,1-2H3. The van der Waals surface area contributed by atoms with E-state index in [4.69, 9.17) is 4.74 Å². The predicted molar refractivity (Wildman–Crippen MR) is 403 cm³/mol. The minimum Gasteiger partial charge on any atom is -0.456 e. The molecule has 2 nitrogen and oxygen atoms in total. The van der Waals surface area contributed by atoms with Crippen molar-refractivity contribution in [3.8, 4) is 67.1 Å². The van der Waals surface area contributed by atoms with Crippen LogP contribution in [0.2, 0.25) is 0 Å². The van der Waals surface area contributed by atoms with Gasteiger partial charge in [-0.05, 0) is 170 Å². The molecule has 2 heteroatoms. The van der Waals surface area contributed by atoms with Crippen LogP contribution in [0.25, 0.3) is 88.0 Å². The van der Waals surface area contributed by atoms with Gasteiger partial charge in [0.05, 0.1) is 16.5 Å². The molecule has 0 saturated heterocycles. The van der Waals surface area contributed by atoms with Crippen molar-refractivity contribution in [2.75, 3.05) is 4.90 Å². The third-order valence-electron chi connectivity index (χ3n) is 21.7. The SMILES string of the molecule is CC1(C)c2ccccc2Oc2c(-c3ccc(N(c4ccc5c(c4)C(c4ccccc4)(c4ccccc4)c4cc(-c6cccc7ccccc67)ccc4-5)c4ccc5c(c4)C(c4ccccc4)(c4ccccc4)c4cc(-c6cccc7ccccc67)ccc4-5)c4ccccc34)cccc21. The fourth-order valence-electron chi connectivity index (χ4n) is 17.3. The molecule has 0 unspecified atom stereocenters. The Balaban J connectivity index is 0.882. The topological polar surface area (TPSA) is 12.5 Å². The van der Waals surface area contributed by atoms with Gasteiger partial charge in [-0.2, -0.15) is 0 Å². The highest BCUT2D eigenvalue weighted by Gasteiger charge is 2.49. The fraction of sp³-hybridized carbons (Fsp3) is 0.0526. The van der Waals surface area contributed by atoms with Crippen molar-refractivity contribution in [3.05, 3.63) is 414 Å². The molecule has 0 atom stereocenters. The first-order chi connectivity index (χ1) is 47.9. The van der Waals surface area contributed by atoms with Gasteiger partial charge in [0.2, 0.25) is 0 Å². The molecule has 19 rings (SSSR count). The van der Waals surface area contributed by atoms with E-state index in [1.54, 1.807) is 0 Å². The Morgan fingerprint density at radius 2 is 0.619 bits per heavy atom. The zero-order valence-corrected chi connectivity index (χ0v) is 53.9. The van der Waals surface area contributed by atoms with E-state index in [9.17, 15) is 0 Å². The lowest BCUT2D eigenvalue weighted by molar-refractivity contribution is 0.419. The van der Waals surface area contributed by atoms with Crippen LogP contribution in [0, 0.1) is 0 Å². The average Bonchev–Trinajstić information content (AvgIpc) is 1.56. The molecule has 16 aromatic rings. The third kappa shape index (κ3) is 8.40. The predicted octanol–water partition coefficient (Wildman–Crippen LogP) is 24.8. The van der Waals surface area contributed by atoms with Gasteiger partial charge in [-0.3, -0.25) is 0 Å². The first-order valence-electron chi connectivity index (χ1n) is 33.9. The van der Waals surface area contributed by atoms with Gasteiger partial charge < -0.3 is 9.64 Å². The van der Waals surface area contributed by atoms with Crippen LogP contribution in [0.15, 0.2) is 358 Å². The number of para-hydroxylation sites is 2. The van der Waals surface area contributed by atoms with Crippen LogP contribution in [-0.4, -0.2) is 0 Å². The van der Waals surface area contributed by atoms with E-state index in [0.717, 1.165) is 50.5 Å². The molecule has 0 N–H and O–H groups in total. The molecule has 0 aromatic heterocycles. The van der Waals surface area contributed by atoms with E-state index in [1.807, 2.05) is 0 Å². The van der Waals surface area contributed by atoms with Crippen LogP contribution in [0.5, 0.6) is 11.5 Å². The number of nitrogens with zero attached hydrogens (tertiary/aromatic N) is 1. The molecule has 0 radical (unpaired) electrons. The lowest BCUT2D eigenvalue weighted by Crippen LogP contribution is -2.29. The minimum atomic E-state index is -0.725. The monoisotopic (exact) mass is 1240 g/mol. The summed E-state index contributed by atoms with van der Waals surface area (Å²) < 4.78 is 7.08. The normalized spacial score (nSPS) is 14.0. The minimum absolute atomic E-state index is 0.286. The Labute approximate surface area is 566 Å². The molecular weight excluding hydrogens is 1170 g/mol. The molecule has 16 aromatic carbocycles. The van der Waals surface area contributed by atoms with Gasteiger partial charge in [-0.1, -0.05) is 323 Å². The molecule has 2 aliphatic carbocycles. The molecule has 0 spiro atoms. The van der Waals surface area contributed by atoms with Gasteiger partial charge in [0.25, 0.3) is 0 Å². The maximum atomic E-state index is 7.08. The molecule has 0 saturated carbocycles. The molecule has 1 aliphatic heterocycles.